The molecule has 0 spiro atoms. The monoisotopic (exact) mass is 192 g/mol. The van der Waals surface area contributed by atoms with E-state index < -0.39 is 6.10 Å². The second kappa shape index (κ2) is 4.01. The van der Waals surface area contributed by atoms with Crippen molar-refractivity contribution in [2.45, 2.75) is 38.7 Å². The lowest BCUT2D eigenvalue weighted by Crippen LogP contribution is -2.03. The van der Waals surface area contributed by atoms with Crippen LogP contribution in [0, 0.1) is 6.92 Å². The molecule has 2 rings (SSSR count). The van der Waals surface area contributed by atoms with Gasteiger partial charge in [-0.2, -0.15) is 0 Å². The molecule has 0 fully saturated rings. The molecule has 0 saturated heterocycles. The summed E-state index contributed by atoms with van der Waals surface area (Å²) < 4.78 is 5.19. The largest absolute Gasteiger partial charge is 0.469 e. The van der Waals surface area contributed by atoms with E-state index in [-0.39, 0.29) is 0 Å². The van der Waals surface area contributed by atoms with Crippen LogP contribution in [0.3, 0.4) is 0 Å². The molecule has 1 N–H and O–H groups in total. The Hall–Kier alpha value is -1.02. The van der Waals surface area contributed by atoms with Crippen molar-refractivity contribution in [1.82, 2.24) is 0 Å². The van der Waals surface area contributed by atoms with Crippen LogP contribution in [0.15, 0.2) is 28.4 Å². The summed E-state index contributed by atoms with van der Waals surface area (Å²) >= 11 is 0. The fourth-order valence-electron chi connectivity index (χ4n) is 1.93. The van der Waals surface area contributed by atoms with Crippen molar-refractivity contribution in [2.75, 3.05) is 0 Å². The molecule has 1 atom stereocenters. The van der Waals surface area contributed by atoms with E-state index in [1.807, 2.05) is 13.0 Å². The summed E-state index contributed by atoms with van der Waals surface area (Å²) in [5.74, 6) is 0.857. The topological polar surface area (TPSA) is 33.4 Å². The summed E-state index contributed by atoms with van der Waals surface area (Å²) in [5.41, 5.74) is 2.03. The van der Waals surface area contributed by atoms with Crippen LogP contribution in [-0.4, -0.2) is 5.11 Å². The number of aliphatic hydroxyl groups excluding tert-OH is 1. The number of furan rings is 1. The quantitative estimate of drug-likeness (QED) is 0.730. The van der Waals surface area contributed by atoms with Gasteiger partial charge in [-0.1, -0.05) is 6.08 Å². The van der Waals surface area contributed by atoms with Crippen LogP contribution in [0.4, 0.5) is 0 Å². The summed E-state index contributed by atoms with van der Waals surface area (Å²) in [6.45, 7) is 1.89. The highest BCUT2D eigenvalue weighted by molar-refractivity contribution is 5.25. The van der Waals surface area contributed by atoms with Crippen LogP contribution in [0.1, 0.15) is 43.1 Å². The first-order valence-electron chi connectivity index (χ1n) is 5.19. The normalized spacial score (nSPS) is 19.1. The van der Waals surface area contributed by atoms with E-state index in [2.05, 4.69) is 6.08 Å². The maximum absolute atomic E-state index is 10.0. The van der Waals surface area contributed by atoms with Gasteiger partial charge in [-0.15, -0.1) is 0 Å². The van der Waals surface area contributed by atoms with E-state index in [1.165, 1.54) is 12.8 Å². The van der Waals surface area contributed by atoms with Gasteiger partial charge in [0.25, 0.3) is 0 Å². The zero-order valence-corrected chi connectivity index (χ0v) is 8.49. The van der Waals surface area contributed by atoms with Crippen molar-refractivity contribution in [2.24, 2.45) is 0 Å². The van der Waals surface area contributed by atoms with E-state index in [4.69, 9.17) is 4.42 Å². The minimum atomic E-state index is -0.451. The second-order valence-electron chi connectivity index (χ2n) is 3.92. The number of rotatable bonds is 2. The summed E-state index contributed by atoms with van der Waals surface area (Å²) in [5, 5.41) is 10.0. The molecule has 1 aromatic rings. The molecule has 0 bridgehead atoms. The van der Waals surface area contributed by atoms with Gasteiger partial charge in [0.15, 0.2) is 0 Å². The van der Waals surface area contributed by atoms with Crippen LogP contribution in [-0.2, 0) is 0 Å². The highest BCUT2D eigenvalue weighted by Gasteiger charge is 2.16. The van der Waals surface area contributed by atoms with E-state index in [0.717, 1.165) is 29.7 Å². The zero-order chi connectivity index (χ0) is 9.97. The Labute approximate surface area is 84.2 Å². The number of aliphatic hydroxyl groups is 1. The van der Waals surface area contributed by atoms with Crippen molar-refractivity contribution in [3.05, 3.63) is 35.3 Å². The van der Waals surface area contributed by atoms with Crippen molar-refractivity contribution in [3.8, 4) is 0 Å². The Morgan fingerprint density at radius 1 is 1.43 bits per heavy atom. The van der Waals surface area contributed by atoms with Crippen LogP contribution < -0.4 is 0 Å². The van der Waals surface area contributed by atoms with Gasteiger partial charge in [0.2, 0.25) is 0 Å². The average molecular weight is 192 g/mol. The number of hydrogen-bond donors (Lipinski definition) is 1. The molecule has 1 unspecified atom stereocenters. The van der Waals surface area contributed by atoms with Gasteiger partial charge in [0, 0.05) is 5.56 Å². The Balaban J connectivity index is 2.14. The lowest BCUT2D eigenvalue weighted by atomic mass is 9.93. The standard InChI is InChI=1S/C12H16O2/c1-9-7-11(8-14-9)12(13)10-5-3-2-4-6-10/h5,7-8,12-13H,2-4,6H2,1H3. The Morgan fingerprint density at radius 2 is 2.29 bits per heavy atom. The first kappa shape index (κ1) is 9.53. The molecule has 2 nitrogen and oxygen atoms in total. The molecule has 1 aromatic heterocycles. The van der Waals surface area contributed by atoms with Crippen molar-refractivity contribution in [3.63, 3.8) is 0 Å². The van der Waals surface area contributed by atoms with Crippen molar-refractivity contribution in [1.29, 1.82) is 0 Å². The third kappa shape index (κ3) is 1.90. The molecule has 0 radical (unpaired) electrons. The van der Waals surface area contributed by atoms with Crippen LogP contribution in [0.25, 0.3) is 0 Å². The lowest BCUT2D eigenvalue weighted by Gasteiger charge is -2.17. The average Bonchev–Trinajstić information content (AvgIpc) is 2.65. The molecule has 0 aromatic carbocycles. The Bertz CT molecular complexity index is 336. The van der Waals surface area contributed by atoms with E-state index in [1.54, 1.807) is 6.26 Å². The van der Waals surface area contributed by atoms with Gasteiger partial charge in [-0.05, 0) is 44.2 Å². The summed E-state index contributed by atoms with van der Waals surface area (Å²) in [7, 11) is 0. The Kier molecular flexibility index (Phi) is 2.73. The lowest BCUT2D eigenvalue weighted by molar-refractivity contribution is 0.207. The first-order valence-corrected chi connectivity index (χ1v) is 5.19. The summed E-state index contributed by atoms with van der Waals surface area (Å²) in [4.78, 5) is 0. The smallest absolute Gasteiger partial charge is 0.103 e. The van der Waals surface area contributed by atoms with Crippen LogP contribution in [0.2, 0.25) is 0 Å². The van der Waals surface area contributed by atoms with E-state index >= 15 is 0 Å². The molecule has 1 aliphatic carbocycles. The first-order chi connectivity index (χ1) is 6.77. The molecular weight excluding hydrogens is 176 g/mol. The van der Waals surface area contributed by atoms with Crippen LogP contribution in [0.5, 0.6) is 0 Å². The molecule has 2 heteroatoms. The molecule has 14 heavy (non-hydrogen) atoms. The molecule has 1 aliphatic rings. The zero-order valence-electron chi connectivity index (χ0n) is 8.49. The maximum atomic E-state index is 10.0. The third-order valence-corrected chi connectivity index (χ3v) is 2.74. The van der Waals surface area contributed by atoms with Gasteiger partial charge in [-0.3, -0.25) is 0 Å². The highest BCUT2D eigenvalue weighted by Crippen LogP contribution is 2.30. The fourth-order valence-corrected chi connectivity index (χ4v) is 1.93. The van der Waals surface area contributed by atoms with Gasteiger partial charge in [-0.25, -0.2) is 0 Å². The summed E-state index contributed by atoms with van der Waals surface area (Å²) in [6.07, 6.45) is 7.92. The number of allylic oxidation sites excluding steroid dienone is 1. The minimum absolute atomic E-state index is 0.451. The molecule has 0 saturated carbocycles. The predicted octanol–water partition coefficient (Wildman–Crippen LogP) is 3.12. The van der Waals surface area contributed by atoms with Gasteiger partial charge in [0.1, 0.15) is 11.9 Å². The molecule has 76 valence electrons. The fraction of sp³-hybridized carbons (Fsp3) is 0.500. The Morgan fingerprint density at radius 3 is 2.86 bits per heavy atom. The van der Waals surface area contributed by atoms with Gasteiger partial charge >= 0.3 is 0 Å². The molecule has 0 amide bonds. The maximum Gasteiger partial charge on any atom is 0.103 e. The SMILES string of the molecule is Cc1cc(C(O)C2=CCCCC2)co1. The summed E-state index contributed by atoms with van der Waals surface area (Å²) in [6, 6.07) is 1.90. The highest BCUT2D eigenvalue weighted by atomic mass is 16.3. The molecule has 1 heterocycles. The number of aryl methyl sites for hydroxylation is 1. The minimum Gasteiger partial charge on any atom is -0.469 e. The van der Waals surface area contributed by atoms with Crippen LogP contribution >= 0.6 is 0 Å². The van der Waals surface area contributed by atoms with Crippen molar-refractivity contribution >= 4 is 0 Å². The second-order valence-corrected chi connectivity index (χ2v) is 3.92. The molecular formula is C12H16O2. The molecule has 0 aliphatic heterocycles. The third-order valence-electron chi connectivity index (χ3n) is 2.74. The van der Waals surface area contributed by atoms with E-state index in [0.29, 0.717) is 0 Å². The van der Waals surface area contributed by atoms with Crippen molar-refractivity contribution < 1.29 is 9.52 Å². The predicted molar refractivity (Wildman–Crippen MR) is 55.0 cm³/mol. The van der Waals surface area contributed by atoms with Gasteiger partial charge < -0.3 is 9.52 Å². The van der Waals surface area contributed by atoms with E-state index in [9.17, 15) is 5.11 Å². The number of hydrogen-bond acceptors (Lipinski definition) is 2. The van der Waals surface area contributed by atoms with Gasteiger partial charge in [0.05, 0.1) is 6.26 Å².